The molecule has 2 aromatic heterocycles. The minimum Gasteiger partial charge on any atom is -0.310 e. The van der Waals surface area contributed by atoms with E-state index >= 15 is 0 Å². The Labute approximate surface area is 125 Å². The van der Waals surface area contributed by atoms with Gasteiger partial charge in [-0.15, -0.1) is 0 Å². The predicted molar refractivity (Wildman–Crippen MR) is 80.6 cm³/mol. The quantitative estimate of drug-likeness (QED) is 0.859. The molecule has 0 spiro atoms. The van der Waals surface area contributed by atoms with Gasteiger partial charge in [0.1, 0.15) is 10.4 Å². The first-order valence-corrected chi connectivity index (χ1v) is 7.21. The Kier molecular flexibility index (Phi) is 3.09. The molecular formula is C15H14BrN3O. The van der Waals surface area contributed by atoms with E-state index < -0.39 is 5.41 Å². The van der Waals surface area contributed by atoms with Crippen LogP contribution in [0.1, 0.15) is 30.9 Å². The van der Waals surface area contributed by atoms with Crippen LogP contribution in [-0.4, -0.2) is 15.9 Å². The van der Waals surface area contributed by atoms with Crippen molar-refractivity contribution in [2.75, 3.05) is 5.32 Å². The first kappa shape index (κ1) is 13.2. The lowest BCUT2D eigenvalue weighted by Gasteiger charge is -2.29. The molecule has 2 aromatic rings. The second-order valence-electron chi connectivity index (χ2n) is 5.19. The molecule has 4 nitrogen and oxygen atoms in total. The Hall–Kier alpha value is -1.75. The largest absolute Gasteiger partial charge is 0.310 e. The van der Waals surface area contributed by atoms with E-state index in [1.807, 2.05) is 44.3 Å². The molecule has 2 atom stereocenters. The van der Waals surface area contributed by atoms with Crippen LogP contribution in [0.15, 0.2) is 41.3 Å². The maximum Gasteiger partial charge on any atom is 0.236 e. The average molecular weight is 332 g/mol. The van der Waals surface area contributed by atoms with Crippen LogP contribution in [0.4, 0.5) is 5.82 Å². The number of fused-ring (bicyclic) bond motifs is 1. The number of nitrogens with one attached hydrogen (secondary N) is 1. The molecule has 1 aliphatic rings. The number of carbonyl (C=O) groups is 1. The van der Waals surface area contributed by atoms with Crippen LogP contribution in [0, 0.1) is 0 Å². The predicted octanol–water partition coefficient (Wildman–Crippen LogP) is 3.25. The van der Waals surface area contributed by atoms with Gasteiger partial charge in [0.15, 0.2) is 0 Å². The van der Waals surface area contributed by atoms with Crippen LogP contribution in [0.2, 0.25) is 0 Å². The smallest absolute Gasteiger partial charge is 0.236 e. The molecule has 5 heteroatoms. The zero-order chi connectivity index (χ0) is 14.3. The van der Waals surface area contributed by atoms with E-state index in [-0.39, 0.29) is 11.8 Å². The minimum atomic E-state index is -0.626. The number of rotatable bonds is 2. The molecule has 3 heterocycles. The van der Waals surface area contributed by atoms with Gasteiger partial charge in [0.25, 0.3) is 0 Å². The third-order valence-electron chi connectivity index (χ3n) is 4.19. The topological polar surface area (TPSA) is 54.9 Å². The number of halogens is 1. The van der Waals surface area contributed by atoms with Gasteiger partial charge in [-0.3, -0.25) is 4.79 Å². The van der Waals surface area contributed by atoms with E-state index in [9.17, 15) is 4.79 Å². The van der Waals surface area contributed by atoms with Crippen molar-refractivity contribution in [2.45, 2.75) is 25.2 Å². The minimum absolute atomic E-state index is 0.00792. The maximum absolute atomic E-state index is 12.5. The zero-order valence-corrected chi connectivity index (χ0v) is 12.8. The van der Waals surface area contributed by atoms with E-state index in [0.29, 0.717) is 5.82 Å². The maximum atomic E-state index is 12.5. The van der Waals surface area contributed by atoms with E-state index in [2.05, 4.69) is 31.2 Å². The number of nitrogens with zero attached hydrogens (tertiary/aromatic N) is 2. The van der Waals surface area contributed by atoms with Crippen molar-refractivity contribution < 1.29 is 4.79 Å². The first-order valence-electron chi connectivity index (χ1n) is 6.42. The summed E-state index contributed by atoms with van der Waals surface area (Å²) in [6.07, 6.45) is 3.50. The lowest BCUT2D eigenvalue weighted by Crippen LogP contribution is -2.36. The highest BCUT2D eigenvalue weighted by Gasteiger charge is 2.47. The summed E-state index contributed by atoms with van der Waals surface area (Å²) in [5, 5.41) is 2.87. The zero-order valence-electron chi connectivity index (χ0n) is 11.2. The number of carbonyl (C=O) groups excluding carboxylic acids is 1. The number of hydrogen-bond acceptors (Lipinski definition) is 3. The van der Waals surface area contributed by atoms with Gasteiger partial charge < -0.3 is 5.32 Å². The second kappa shape index (κ2) is 4.66. The summed E-state index contributed by atoms with van der Waals surface area (Å²) >= 11 is 3.33. The summed E-state index contributed by atoms with van der Waals surface area (Å²) in [5.41, 5.74) is 1.35. The fraction of sp³-hybridized carbons (Fsp3) is 0.267. The van der Waals surface area contributed by atoms with Crippen molar-refractivity contribution in [1.29, 1.82) is 0 Å². The number of hydrogen-bond donors (Lipinski definition) is 1. The molecule has 0 saturated carbocycles. The van der Waals surface area contributed by atoms with Crippen molar-refractivity contribution >= 4 is 27.7 Å². The van der Waals surface area contributed by atoms with Gasteiger partial charge in [0, 0.05) is 23.9 Å². The Bertz CT molecular complexity index is 671. The summed E-state index contributed by atoms with van der Waals surface area (Å²) < 4.78 is 0.788. The van der Waals surface area contributed by atoms with Crippen LogP contribution in [0.5, 0.6) is 0 Å². The van der Waals surface area contributed by atoms with Crippen molar-refractivity contribution in [3.8, 4) is 0 Å². The van der Waals surface area contributed by atoms with Crippen molar-refractivity contribution in [3.05, 3.63) is 52.4 Å². The molecule has 1 unspecified atom stereocenters. The average Bonchev–Trinajstić information content (AvgIpc) is 2.72. The number of pyridine rings is 2. The summed E-state index contributed by atoms with van der Waals surface area (Å²) in [7, 11) is 0. The monoisotopic (exact) mass is 331 g/mol. The first-order chi connectivity index (χ1) is 9.53. The molecule has 1 aliphatic heterocycles. The van der Waals surface area contributed by atoms with Gasteiger partial charge in [0.05, 0.1) is 5.41 Å². The van der Waals surface area contributed by atoms with E-state index in [4.69, 9.17) is 0 Å². The van der Waals surface area contributed by atoms with Crippen LogP contribution < -0.4 is 5.32 Å². The molecule has 0 fully saturated rings. The molecule has 1 N–H and O–H groups in total. The van der Waals surface area contributed by atoms with Crippen molar-refractivity contribution in [2.24, 2.45) is 0 Å². The molecule has 102 valence electrons. The summed E-state index contributed by atoms with van der Waals surface area (Å²) in [6, 6.07) is 7.72. The van der Waals surface area contributed by atoms with Crippen LogP contribution in [-0.2, 0) is 10.2 Å². The molecule has 0 aliphatic carbocycles. The summed E-state index contributed by atoms with van der Waals surface area (Å²) in [5.74, 6) is 0.659. The Morgan fingerprint density at radius 3 is 2.80 bits per heavy atom. The van der Waals surface area contributed by atoms with Gasteiger partial charge in [-0.1, -0.05) is 19.1 Å². The van der Waals surface area contributed by atoms with Crippen LogP contribution in [0.25, 0.3) is 0 Å². The molecule has 0 bridgehead atoms. The lowest BCUT2D eigenvalue weighted by molar-refractivity contribution is -0.120. The molecule has 0 aromatic carbocycles. The fourth-order valence-electron chi connectivity index (χ4n) is 2.69. The van der Waals surface area contributed by atoms with Crippen molar-refractivity contribution in [1.82, 2.24) is 9.97 Å². The van der Waals surface area contributed by atoms with Gasteiger partial charge in [-0.25, -0.2) is 9.97 Å². The standard InChI is InChI=1S/C15H14BrN3O/c1-9(10-5-6-12(16)18-8-10)15(2)11-4-3-7-17-13(11)19-14(15)20/h3-9H,1-2H3,(H,17,19,20)/t9?,15-/m0/s1. The molecule has 0 saturated heterocycles. The lowest BCUT2D eigenvalue weighted by atomic mass is 9.71. The number of aromatic nitrogens is 2. The highest BCUT2D eigenvalue weighted by Crippen LogP contribution is 2.45. The van der Waals surface area contributed by atoms with Gasteiger partial charge in [-0.05, 0) is 40.5 Å². The molecule has 3 rings (SSSR count). The molecule has 1 amide bonds. The number of anilines is 1. The van der Waals surface area contributed by atoms with Crippen LogP contribution in [0.3, 0.4) is 0 Å². The third-order valence-corrected chi connectivity index (χ3v) is 4.66. The van der Waals surface area contributed by atoms with Crippen molar-refractivity contribution in [3.63, 3.8) is 0 Å². The molecular weight excluding hydrogens is 318 g/mol. The Balaban J connectivity index is 2.08. The fourth-order valence-corrected chi connectivity index (χ4v) is 2.92. The molecule has 0 radical (unpaired) electrons. The normalized spacial score (nSPS) is 22.2. The highest BCUT2D eigenvalue weighted by atomic mass is 79.9. The van der Waals surface area contributed by atoms with Gasteiger partial charge in [-0.2, -0.15) is 0 Å². The Morgan fingerprint density at radius 2 is 2.10 bits per heavy atom. The van der Waals surface area contributed by atoms with Gasteiger partial charge in [0.2, 0.25) is 5.91 Å². The van der Waals surface area contributed by atoms with E-state index in [1.165, 1.54) is 0 Å². The van der Waals surface area contributed by atoms with E-state index in [0.717, 1.165) is 15.7 Å². The van der Waals surface area contributed by atoms with Gasteiger partial charge >= 0.3 is 0 Å². The summed E-state index contributed by atoms with van der Waals surface area (Å²) in [6.45, 7) is 4.01. The van der Waals surface area contributed by atoms with Crippen LogP contribution >= 0.6 is 15.9 Å². The second-order valence-corrected chi connectivity index (χ2v) is 6.00. The number of amides is 1. The third kappa shape index (κ3) is 1.85. The summed E-state index contributed by atoms with van der Waals surface area (Å²) in [4.78, 5) is 20.9. The molecule has 20 heavy (non-hydrogen) atoms. The highest BCUT2D eigenvalue weighted by molar-refractivity contribution is 9.10. The van der Waals surface area contributed by atoms with E-state index in [1.54, 1.807) is 6.20 Å². The Morgan fingerprint density at radius 1 is 1.30 bits per heavy atom. The SMILES string of the molecule is CC(c1ccc(Br)nc1)[C@]1(C)C(=O)Nc2ncccc21.